The summed E-state index contributed by atoms with van der Waals surface area (Å²) in [6, 6.07) is 0. The molecular weight excluding hydrogens is 97.5 g/mol. The normalized spacial score (nSPS) is 5.33. The molecule has 0 bridgehead atoms. The summed E-state index contributed by atoms with van der Waals surface area (Å²) in [6.45, 7) is 6.80. The number of hydrogen-bond donors (Lipinski definition) is 0. The Morgan fingerprint density at radius 2 is 1.83 bits per heavy atom. The zero-order valence-corrected chi connectivity index (χ0v) is 4.50. The molecule has 0 fully saturated rings. The van der Waals surface area contributed by atoms with Crippen LogP contribution in [-0.4, -0.2) is 5.88 Å². The van der Waals surface area contributed by atoms with Crippen molar-refractivity contribution in [3.63, 3.8) is 0 Å². The average Bonchev–Trinajstić information content (AvgIpc) is 1.72. The summed E-state index contributed by atoms with van der Waals surface area (Å²) in [7, 11) is 0. The third-order valence-electron chi connectivity index (χ3n) is 0.189. The molecule has 0 aromatic heterocycles. The van der Waals surface area contributed by atoms with Crippen LogP contribution in [0.5, 0.6) is 0 Å². The fourth-order valence-electron chi connectivity index (χ4n) is 0. The van der Waals surface area contributed by atoms with Gasteiger partial charge < -0.3 is 11.8 Å². The highest BCUT2D eigenvalue weighted by atomic mass is 35.5. The van der Waals surface area contributed by atoms with Crippen LogP contribution in [0, 0.1) is 11.8 Å². The highest BCUT2D eigenvalue weighted by Crippen LogP contribution is 1.75. The molecule has 0 aliphatic rings. The van der Waals surface area contributed by atoms with Crippen LogP contribution in [-0.2, 0) is 0 Å². The second kappa shape index (κ2) is 21.6. The lowest BCUT2D eigenvalue weighted by atomic mass is 10.6. The first-order valence-electron chi connectivity index (χ1n) is 1.70. The molecule has 0 N–H and O–H groups in total. The summed E-state index contributed by atoms with van der Waals surface area (Å²) in [5, 5.41) is 6.25. The maximum Gasteiger partial charge on any atom is 0.0220 e. The van der Waals surface area contributed by atoms with Crippen molar-refractivity contribution in [2.24, 2.45) is 0 Å². The average molecular weight is 105 g/mol. The Kier molecular flexibility index (Phi) is 33.2. The van der Waals surface area contributed by atoms with Crippen LogP contribution in [0.15, 0.2) is 0 Å². The van der Waals surface area contributed by atoms with Gasteiger partial charge in [0.15, 0.2) is 0 Å². The van der Waals surface area contributed by atoms with Gasteiger partial charge in [0.25, 0.3) is 0 Å². The predicted octanol–water partition coefficient (Wildman–Crippen LogP) is 1.73. The topological polar surface area (TPSA) is 23.8 Å². The van der Waals surface area contributed by atoms with Gasteiger partial charge in [0.1, 0.15) is 0 Å². The molecule has 36 valence electrons. The third kappa shape index (κ3) is 48.0. The minimum Gasteiger partial charge on any atom is -0.512 e. The van der Waals surface area contributed by atoms with E-state index in [0.717, 1.165) is 12.3 Å². The van der Waals surface area contributed by atoms with Crippen LogP contribution in [0.3, 0.4) is 0 Å². The first-order chi connectivity index (χ1) is 2.91. The summed E-state index contributed by atoms with van der Waals surface area (Å²) < 4.78 is 0. The van der Waals surface area contributed by atoms with Crippen molar-refractivity contribution < 1.29 is 0 Å². The van der Waals surface area contributed by atoms with Crippen molar-refractivity contribution in [3.05, 3.63) is 6.57 Å². The Balaban J connectivity index is 0. The lowest BCUT2D eigenvalue weighted by Crippen LogP contribution is -1.55. The molecule has 6 heavy (non-hydrogen) atoms. The zero-order chi connectivity index (χ0) is 5.41. The van der Waals surface area contributed by atoms with Crippen LogP contribution in [0.1, 0.15) is 13.3 Å². The molecule has 1 nitrogen and oxygen atoms in total. The van der Waals surface area contributed by atoms with Gasteiger partial charge in [-0.2, -0.15) is 0 Å². The van der Waals surface area contributed by atoms with E-state index < -0.39 is 0 Å². The fourth-order valence-corrected chi connectivity index (χ4v) is 0. The maximum absolute atomic E-state index is 6.25. The van der Waals surface area contributed by atoms with Crippen LogP contribution in [0.4, 0.5) is 0 Å². The molecule has 2 heteroatoms. The molecule has 0 unspecified atom stereocenters. The molecule has 0 spiro atoms. The van der Waals surface area contributed by atoms with E-state index in [1.54, 1.807) is 0 Å². The van der Waals surface area contributed by atoms with Crippen molar-refractivity contribution in [1.82, 2.24) is 0 Å². The fraction of sp³-hybridized carbons (Fsp3) is 0.750. The second-order valence-corrected chi connectivity index (χ2v) is 1.07. The van der Waals surface area contributed by atoms with E-state index in [1.807, 2.05) is 6.92 Å². The molecule has 0 rings (SSSR count). The SMILES string of the molecule is CCCCl.[C-]#N. The van der Waals surface area contributed by atoms with E-state index in [4.69, 9.17) is 23.4 Å². The second-order valence-electron chi connectivity index (χ2n) is 0.689. The molecule has 0 amide bonds. The zero-order valence-electron chi connectivity index (χ0n) is 3.74. The number of rotatable bonds is 1. The first-order valence-corrected chi connectivity index (χ1v) is 2.23. The van der Waals surface area contributed by atoms with Gasteiger partial charge in [0, 0.05) is 5.88 Å². The van der Waals surface area contributed by atoms with Crippen LogP contribution < -0.4 is 0 Å². The largest absolute Gasteiger partial charge is 0.512 e. The van der Waals surface area contributed by atoms with E-state index >= 15 is 0 Å². The Bertz CT molecular complexity index is 24.0. The van der Waals surface area contributed by atoms with E-state index in [1.165, 1.54) is 0 Å². The maximum atomic E-state index is 6.25. The Labute approximate surface area is 43.5 Å². The first kappa shape index (κ1) is 9.24. The van der Waals surface area contributed by atoms with E-state index in [-0.39, 0.29) is 0 Å². The Morgan fingerprint density at radius 1 is 1.67 bits per heavy atom. The summed E-state index contributed by atoms with van der Waals surface area (Å²) in [4.78, 5) is 0. The number of hydrogen-bond acceptors (Lipinski definition) is 1. The highest BCUT2D eigenvalue weighted by Gasteiger charge is 1.59. The smallest absolute Gasteiger partial charge is 0.0220 e. The number of alkyl halides is 1. The molecule has 0 radical (unpaired) electrons. The van der Waals surface area contributed by atoms with E-state index in [0.29, 0.717) is 0 Å². The summed E-state index contributed by atoms with van der Waals surface area (Å²) in [5.41, 5.74) is 0. The molecule has 0 aliphatic carbocycles. The van der Waals surface area contributed by atoms with Crippen LogP contribution in [0.25, 0.3) is 0 Å². The minimum atomic E-state index is 0.792. The highest BCUT2D eigenvalue weighted by molar-refractivity contribution is 6.17. The quantitative estimate of drug-likeness (QED) is 0.367. The lowest BCUT2D eigenvalue weighted by Gasteiger charge is -1.65. The van der Waals surface area contributed by atoms with Crippen LogP contribution >= 0.6 is 11.6 Å². The van der Waals surface area contributed by atoms with Gasteiger partial charge in [-0.3, -0.25) is 0 Å². The van der Waals surface area contributed by atoms with Gasteiger partial charge >= 0.3 is 0 Å². The summed E-state index contributed by atoms with van der Waals surface area (Å²) in [6.07, 6.45) is 1.08. The predicted molar refractivity (Wildman–Crippen MR) is 26.0 cm³/mol. The van der Waals surface area contributed by atoms with Crippen molar-refractivity contribution in [2.45, 2.75) is 13.3 Å². The number of nitrogens with zero attached hydrogens (tertiary/aromatic N) is 1. The van der Waals surface area contributed by atoms with Crippen molar-refractivity contribution in [1.29, 1.82) is 5.26 Å². The van der Waals surface area contributed by atoms with Crippen molar-refractivity contribution in [2.75, 3.05) is 5.88 Å². The lowest BCUT2D eigenvalue weighted by molar-refractivity contribution is 1.10. The molecule has 0 heterocycles. The Morgan fingerprint density at radius 3 is 1.83 bits per heavy atom. The third-order valence-corrected chi connectivity index (χ3v) is 0.567. The van der Waals surface area contributed by atoms with Gasteiger partial charge in [-0.25, -0.2) is 0 Å². The summed E-state index contributed by atoms with van der Waals surface area (Å²) in [5.74, 6) is 0.792. The molecular formula is C4H7ClN-. The van der Waals surface area contributed by atoms with Gasteiger partial charge in [-0.1, -0.05) is 6.92 Å². The Hall–Kier alpha value is -0.220. The molecule has 0 aromatic carbocycles. The molecule has 0 atom stereocenters. The van der Waals surface area contributed by atoms with Crippen molar-refractivity contribution >= 4 is 11.6 Å². The molecule has 0 aromatic rings. The van der Waals surface area contributed by atoms with Gasteiger partial charge in [-0.15, -0.1) is 11.6 Å². The minimum absolute atomic E-state index is 0.792. The summed E-state index contributed by atoms with van der Waals surface area (Å²) >= 11 is 5.19. The standard InChI is InChI=1S/C3H7Cl.CN/c1-2-3-4;1-2/h2-3H2,1H3;/q;-1. The molecule has 0 saturated carbocycles. The van der Waals surface area contributed by atoms with Crippen molar-refractivity contribution in [3.8, 4) is 0 Å². The molecule has 0 aliphatic heterocycles. The molecule has 0 saturated heterocycles. The van der Waals surface area contributed by atoms with Gasteiger partial charge in [-0.05, 0) is 6.42 Å². The van der Waals surface area contributed by atoms with Gasteiger partial charge in [0.05, 0.1) is 0 Å². The monoisotopic (exact) mass is 104 g/mol. The number of halogens is 1. The van der Waals surface area contributed by atoms with E-state index in [2.05, 4.69) is 0 Å². The van der Waals surface area contributed by atoms with E-state index in [9.17, 15) is 0 Å². The van der Waals surface area contributed by atoms with Gasteiger partial charge in [0.2, 0.25) is 0 Å². The van der Waals surface area contributed by atoms with Crippen LogP contribution in [0.2, 0.25) is 0 Å².